The normalized spacial score (nSPS) is 21.6. The van der Waals surface area contributed by atoms with Gasteiger partial charge in [-0.3, -0.25) is 9.59 Å². The quantitative estimate of drug-likeness (QED) is 0.475. The van der Waals surface area contributed by atoms with Crippen molar-refractivity contribution in [2.24, 2.45) is 0 Å². The first kappa shape index (κ1) is 14.1. The van der Waals surface area contributed by atoms with E-state index in [9.17, 15) is 9.59 Å². The minimum Gasteiger partial charge on any atom is -0.325 e. The number of hydrogen-bond acceptors (Lipinski definition) is 6. The van der Waals surface area contributed by atoms with Crippen molar-refractivity contribution >= 4 is 57.2 Å². The highest BCUT2D eigenvalue weighted by Gasteiger charge is 2.34. The Balaban J connectivity index is 2.67. The van der Waals surface area contributed by atoms with Gasteiger partial charge in [-0.05, 0) is 12.8 Å². The molecule has 2 atom stereocenters. The molecule has 1 amide bonds. The van der Waals surface area contributed by atoms with Crippen LogP contribution in [0.1, 0.15) is 12.8 Å². The zero-order chi connectivity index (χ0) is 12.1. The van der Waals surface area contributed by atoms with Gasteiger partial charge in [-0.1, -0.05) is 35.2 Å². The minimum absolute atomic E-state index is 0.226. The summed E-state index contributed by atoms with van der Waals surface area (Å²) in [7, 11) is 0.993. The third-order valence-electron chi connectivity index (χ3n) is 2.19. The summed E-state index contributed by atoms with van der Waals surface area (Å²) in [5, 5.41) is 8.86. The molecule has 1 aliphatic rings. The SMILES string of the molecule is N#CC1CCCN1C(=O)C(SS)SC(=O)S. The van der Waals surface area contributed by atoms with Crippen molar-refractivity contribution in [1.82, 2.24) is 4.90 Å². The number of nitrogens with zero attached hydrogens (tertiary/aromatic N) is 2. The number of hydrogen-bond donors (Lipinski definition) is 2. The highest BCUT2D eigenvalue weighted by molar-refractivity contribution is 8.71. The first-order valence-corrected chi connectivity index (χ1v) is 7.76. The van der Waals surface area contributed by atoms with Crippen LogP contribution in [0.2, 0.25) is 0 Å². The summed E-state index contributed by atoms with van der Waals surface area (Å²) in [5.41, 5.74) is 0. The molecule has 1 aliphatic heterocycles. The number of carbonyl (C=O) groups is 2. The number of likely N-dealkylation sites (tertiary alicyclic amines) is 1. The minimum atomic E-state index is -0.623. The number of thioether (sulfide) groups is 1. The molecule has 1 rings (SSSR count). The fraction of sp³-hybridized carbons (Fsp3) is 0.625. The van der Waals surface area contributed by atoms with E-state index >= 15 is 0 Å². The number of rotatable bonds is 3. The van der Waals surface area contributed by atoms with Crippen molar-refractivity contribution in [3.63, 3.8) is 0 Å². The highest BCUT2D eigenvalue weighted by atomic mass is 33.1. The maximum atomic E-state index is 12.0. The van der Waals surface area contributed by atoms with Crippen LogP contribution in [-0.2, 0) is 4.79 Å². The third-order valence-corrected chi connectivity index (χ3v) is 5.15. The van der Waals surface area contributed by atoms with Gasteiger partial charge < -0.3 is 4.90 Å². The Morgan fingerprint density at radius 2 is 2.25 bits per heavy atom. The van der Waals surface area contributed by atoms with Gasteiger partial charge in [0.2, 0.25) is 10.4 Å². The van der Waals surface area contributed by atoms with Crippen LogP contribution in [0.5, 0.6) is 0 Å². The fourth-order valence-electron chi connectivity index (χ4n) is 1.51. The molecule has 4 nitrogen and oxygen atoms in total. The molecule has 0 bridgehead atoms. The number of nitriles is 1. The van der Waals surface area contributed by atoms with E-state index in [1.807, 2.05) is 0 Å². The van der Waals surface area contributed by atoms with Crippen LogP contribution in [0.4, 0.5) is 4.79 Å². The van der Waals surface area contributed by atoms with Crippen LogP contribution in [-0.4, -0.2) is 32.4 Å². The maximum Gasteiger partial charge on any atom is 0.248 e. The van der Waals surface area contributed by atoms with E-state index in [2.05, 4.69) is 30.4 Å². The summed E-state index contributed by atoms with van der Waals surface area (Å²) in [4.78, 5) is 24.3. The van der Waals surface area contributed by atoms with Gasteiger partial charge in [0.15, 0.2) is 0 Å². The molecule has 0 radical (unpaired) electrons. The van der Waals surface area contributed by atoms with Gasteiger partial charge >= 0.3 is 0 Å². The van der Waals surface area contributed by atoms with E-state index in [4.69, 9.17) is 5.26 Å². The molecule has 8 heteroatoms. The largest absolute Gasteiger partial charge is 0.325 e. The summed E-state index contributed by atoms with van der Waals surface area (Å²) in [6.07, 6.45) is 1.53. The lowest BCUT2D eigenvalue weighted by Crippen LogP contribution is -2.39. The maximum absolute atomic E-state index is 12.0. The van der Waals surface area contributed by atoms with Crippen LogP contribution in [0.15, 0.2) is 0 Å². The van der Waals surface area contributed by atoms with Crippen molar-refractivity contribution in [2.45, 2.75) is 23.5 Å². The van der Waals surface area contributed by atoms with Crippen molar-refractivity contribution in [3.8, 4) is 6.07 Å². The van der Waals surface area contributed by atoms with Crippen molar-refractivity contribution in [3.05, 3.63) is 0 Å². The van der Waals surface area contributed by atoms with Crippen LogP contribution < -0.4 is 0 Å². The molecule has 2 unspecified atom stereocenters. The van der Waals surface area contributed by atoms with E-state index < -0.39 is 9.03 Å². The molecule has 0 aromatic rings. The molecule has 1 fully saturated rings. The summed E-state index contributed by atoms with van der Waals surface area (Å²) in [6, 6.07) is 1.72. The third kappa shape index (κ3) is 3.52. The number of carbonyl (C=O) groups excluding carboxylic acids is 2. The Kier molecular flexibility index (Phi) is 5.89. The van der Waals surface area contributed by atoms with E-state index in [1.165, 1.54) is 4.90 Å². The van der Waals surface area contributed by atoms with Crippen LogP contribution in [0, 0.1) is 11.3 Å². The van der Waals surface area contributed by atoms with Gasteiger partial charge in [-0.2, -0.15) is 5.26 Å². The molecule has 0 spiro atoms. The van der Waals surface area contributed by atoms with Crippen molar-refractivity contribution in [1.29, 1.82) is 5.26 Å². The Labute approximate surface area is 113 Å². The molecule has 0 aromatic carbocycles. The van der Waals surface area contributed by atoms with E-state index in [-0.39, 0.29) is 11.9 Å². The Morgan fingerprint density at radius 1 is 1.56 bits per heavy atom. The number of thiol groups is 2. The first-order valence-electron chi connectivity index (χ1n) is 4.50. The first-order chi connectivity index (χ1) is 7.60. The highest BCUT2D eigenvalue weighted by Crippen LogP contribution is 2.32. The summed E-state index contributed by atoms with van der Waals surface area (Å²) >= 11 is 8.39. The van der Waals surface area contributed by atoms with E-state index in [0.717, 1.165) is 29.0 Å². The molecule has 88 valence electrons. The molecule has 1 saturated heterocycles. The summed E-state index contributed by atoms with van der Waals surface area (Å²) in [6.45, 7) is 0.573. The molecule has 1 heterocycles. The lowest BCUT2D eigenvalue weighted by Gasteiger charge is -2.22. The molecule has 0 aromatic heterocycles. The zero-order valence-electron chi connectivity index (χ0n) is 8.20. The van der Waals surface area contributed by atoms with Gasteiger partial charge in [0, 0.05) is 6.54 Å². The molecule has 16 heavy (non-hydrogen) atoms. The topological polar surface area (TPSA) is 61.2 Å². The standard InChI is InChI=1S/C8H10N2O2S4/c9-4-5-2-1-3-10(5)6(11)7(16-14)15-8(12)13/h5,7,14H,1-3H2,(H,12,13). The average Bonchev–Trinajstić information content (AvgIpc) is 2.72. The average molecular weight is 294 g/mol. The second kappa shape index (κ2) is 6.69. The second-order valence-corrected chi connectivity index (χ2v) is 6.54. The van der Waals surface area contributed by atoms with Crippen LogP contribution in [0.3, 0.4) is 0 Å². The second-order valence-electron chi connectivity index (χ2n) is 3.14. The lowest BCUT2D eigenvalue weighted by atomic mass is 10.2. The van der Waals surface area contributed by atoms with Gasteiger partial charge in [0.1, 0.15) is 10.6 Å². The summed E-state index contributed by atoms with van der Waals surface area (Å²) in [5.74, 6) is -0.226. The smallest absolute Gasteiger partial charge is 0.248 e. The number of amides is 1. The Hall–Kier alpha value is 0.0300. The molecule has 0 N–H and O–H groups in total. The zero-order valence-corrected chi connectivity index (χ0v) is 11.6. The predicted octanol–water partition coefficient (Wildman–Crippen LogP) is 2.19. The Morgan fingerprint density at radius 3 is 2.75 bits per heavy atom. The Bertz CT molecular complexity index is 330. The predicted molar refractivity (Wildman–Crippen MR) is 72.7 cm³/mol. The molecular weight excluding hydrogens is 284 g/mol. The monoisotopic (exact) mass is 294 g/mol. The van der Waals surface area contributed by atoms with E-state index in [0.29, 0.717) is 13.0 Å². The van der Waals surface area contributed by atoms with Crippen molar-refractivity contribution < 1.29 is 9.59 Å². The van der Waals surface area contributed by atoms with Gasteiger partial charge in [-0.15, -0.1) is 11.7 Å². The molecule has 0 aliphatic carbocycles. The van der Waals surface area contributed by atoms with Gasteiger partial charge in [-0.25, -0.2) is 0 Å². The van der Waals surface area contributed by atoms with Gasteiger partial charge in [0.05, 0.1) is 6.07 Å². The van der Waals surface area contributed by atoms with Crippen LogP contribution in [0.25, 0.3) is 0 Å². The fourth-order valence-corrected chi connectivity index (χ4v) is 3.78. The lowest BCUT2D eigenvalue weighted by molar-refractivity contribution is -0.128. The summed E-state index contributed by atoms with van der Waals surface area (Å²) < 4.78 is -1.05. The molecular formula is C8H10N2O2S4. The van der Waals surface area contributed by atoms with Crippen LogP contribution >= 0.6 is 46.8 Å². The van der Waals surface area contributed by atoms with Gasteiger partial charge in [0.25, 0.3) is 0 Å². The van der Waals surface area contributed by atoms with E-state index in [1.54, 1.807) is 0 Å². The molecule has 0 saturated carbocycles. The van der Waals surface area contributed by atoms with Crippen molar-refractivity contribution in [2.75, 3.05) is 6.54 Å².